The van der Waals surface area contributed by atoms with E-state index in [1.807, 2.05) is 35.2 Å². The van der Waals surface area contributed by atoms with E-state index in [-0.39, 0.29) is 24.4 Å². The predicted molar refractivity (Wildman–Crippen MR) is 123 cm³/mol. The summed E-state index contributed by atoms with van der Waals surface area (Å²) in [5, 5.41) is 10.4. The van der Waals surface area contributed by atoms with Crippen molar-refractivity contribution in [2.75, 3.05) is 45.9 Å². The molecule has 1 amide bonds. The third kappa shape index (κ3) is 7.61. The van der Waals surface area contributed by atoms with Crippen molar-refractivity contribution in [2.24, 2.45) is 5.92 Å². The van der Waals surface area contributed by atoms with Gasteiger partial charge in [-0.15, -0.1) is 0 Å². The summed E-state index contributed by atoms with van der Waals surface area (Å²) in [6, 6.07) is 15.6. The second-order valence-electron chi connectivity index (χ2n) is 9.07. The van der Waals surface area contributed by atoms with Crippen LogP contribution in [0.4, 0.5) is 4.39 Å². The number of aliphatic hydroxyl groups excluding tert-OH is 1. The molecule has 4 rings (SSSR count). The standard InChI is InChI=1S/C26H33FN2O4/c27-23-10-8-22(9-11-23)26(31)29(14-20-6-7-20)17-25-16-28(12-13-33-25)15-24(30)19-32-18-21-4-2-1-3-5-21/h1-5,8-11,20,24-25,30H,6-7,12-19H2/t24-,25+/m1/s1. The Kier molecular flexibility index (Phi) is 8.45. The maximum absolute atomic E-state index is 13.3. The minimum atomic E-state index is -0.587. The Balaban J connectivity index is 1.26. The van der Waals surface area contributed by atoms with Crippen molar-refractivity contribution in [1.29, 1.82) is 0 Å². The van der Waals surface area contributed by atoms with Gasteiger partial charge >= 0.3 is 0 Å². The van der Waals surface area contributed by atoms with Crippen LogP contribution in [0.3, 0.4) is 0 Å². The number of carbonyl (C=O) groups is 1. The normalized spacial score (nSPS) is 19.9. The largest absolute Gasteiger partial charge is 0.389 e. The molecule has 2 aliphatic rings. The van der Waals surface area contributed by atoms with Crippen molar-refractivity contribution in [3.63, 3.8) is 0 Å². The van der Waals surface area contributed by atoms with E-state index < -0.39 is 6.10 Å². The molecule has 7 heteroatoms. The monoisotopic (exact) mass is 456 g/mol. The Morgan fingerprint density at radius 1 is 1.15 bits per heavy atom. The Hall–Kier alpha value is -2.32. The molecule has 2 atom stereocenters. The second kappa shape index (κ2) is 11.7. The van der Waals surface area contributed by atoms with Crippen LogP contribution in [0, 0.1) is 11.7 Å². The number of aliphatic hydroxyl groups is 1. The van der Waals surface area contributed by atoms with Gasteiger partial charge in [0.05, 0.1) is 32.0 Å². The molecule has 2 aromatic carbocycles. The summed E-state index contributed by atoms with van der Waals surface area (Å²) in [6.45, 7) is 4.39. The highest BCUT2D eigenvalue weighted by Crippen LogP contribution is 2.30. The van der Waals surface area contributed by atoms with Crippen molar-refractivity contribution >= 4 is 5.91 Å². The number of β-amino-alcohol motifs (C(OH)–C–C–N with tert-alkyl or cyclic N) is 1. The maximum atomic E-state index is 13.3. The smallest absolute Gasteiger partial charge is 0.253 e. The summed E-state index contributed by atoms with van der Waals surface area (Å²) in [4.78, 5) is 17.1. The first-order valence-corrected chi connectivity index (χ1v) is 11.8. The molecule has 2 fully saturated rings. The van der Waals surface area contributed by atoms with Crippen LogP contribution >= 0.6 is 0 Å². The quantitative estimate of drug-likeness (QED) is 0.563. The Labute approximate surface area is 194 Å². The first-order valence-electron chi connectivity index (χ1n) is 11.8. The fourth-order valence-electron chi connectivity index (χ4n) is 4.17. The molecule has 1 heterocycles. The van der Waals surface area contributed by atoms with Gasteiger partial charge in [0.15, 0.2) is 0 Å². The number of hydrogen-bond donors (Lipinski definition) is 1. The summed E-state index contributed by atoms with van der Waals surface area (Å²) < 4.78 is 24.9. The fourth-order valence-corrected chi connectivity index (χ4v) is 4.17. The molecule has 0 spiro atoms. The predicted octanol–water partition coefficient (Wildman–Crippen LogP) is 2.96. The SMILES string of the molecule is O=C(c1ccc(F)cc1)N(CC1CC1)C[C@@H]1CN(C[C@@H](O)COCc2ccccc2)CCO1. The number of morpholine rings is 1. The van der Waals surface area contributed by atoms with Crippen LogP contribution in [0.2, 0.25) is 0 Å². The van der Waals surface area contributed by atoms with Gasteiger partial charge in [0.25, 0.3) is 5.91 Å². The van der Waals surface area contributed by atoms with Gasteiger partial charge in [0, 0.05) is 38.3 Å². The van der Waals surface area contributed by atoms with Crippen LogP contribution in [0.5, 0.6) is 0 Å². The highest BCUT2D eigenvalue weighted by Gasteiger charge is 2.31. The van der Waals surface area contributed by atoms with Gasteiger partial charge in [0.1, 0.15) is 5.82 Å². The van der Waals surface area contributed by atoms with E-state index >= 15 is 0 Å². The Morgan fingerprint density at radius 2 is 1.91 bits per heavy atom. The molecule has 1 aliphatic carbocycles. The lowest BCUT2D eigenvalue weighted by Gasteiger charge is -2.36. The molecule has 1 aliphatic heterocycles. The van der Waals surface area contributed by atoms with Gasteiger partial charge in [-0.05, 0) is 48.6 Å². The molecule has 178 valence electrons. The highest BCUT2D eigenvalue weighted by molar-refractivity contribution is 5.94. The molecule has 6 nitrogen and oxygen atoms in total. The van der Waals surface area contributed by atoms with E-state index in [9.17, 15) is 14.3 Å². The van der Waals surface area contributed by atoms with E-state index in [1.54, 1.807) is 0 Å². The number of rotatable bonds is 11. The van der Waals surface area contributed by atoms with Crippen molar-refractivity contribution in [2.45, 2.75) is 31.7 Å². The zero-order chi connectivity index (χ0) is 23.0. The zero-order valence-electron chi connectivity index (χ0n) is 18.9. The molecule has 1 saturated heterocycles. The molecule has 1 saturated carbocycles. The average Bonchev–Trinajstić information content (AvgIpc) is 3.64. The van der Waals surface area contributed by atoms with E-state index in [0.29, 0.717) is 50.9 Å². The van der Waals surface area contributed by atoms with Gasteiger partial charge in [-0.3, -0.25) is 9.69 Å². The summed E-state index contributed by atoms with van der Waals surface area (Å²) in [7, 11) is 0. The molecule has 0 unspecified atom stereocenters. The molecular weight excluding hydrogens is 423 g/mol. The van der Waals surface area contributed by atoms with Crippen LogP contribution in [-0.4, -0.2) is 79.0 Å². The van der Waals surface area contributed by atoms with E-state index in [4.69, 9.17) is 9.47 Å². The number of ether oxygens (including phenoxy) is 2. The second-order valence-corrected chi connectivity index (χ2v) is 9.07. The summed E-state index contributed by atoms with van der Waals surface area (Å²) in [5.41, 5.74) is 1.58. The average molecular weight is 457 g/mol. The summed E-state index contributed by atoms with van der Waals surface area (Å²) in [6.07, 6.45) is 1.57. The maximum Gasteiger partial charge on any atom is 0.253 e. The summed E-state index contributed by atoms with van der Waals surface area (Å²) in [5.74, 6) is 0.104. The third-order valence-electron chi connectivity index (χ3n) is 6.09. The molecule has 0 bridgehead atoms. The number of halogens is 1. The van der Waals surface area contributed by atoms with Crippen molar-refractivity contribution in [1.82, 2.24) is 9.80 Å². The van der Waals surface area contributed by atoms with Gasteiger partial charge in [-0.2, -0.15) is 0 Å². The molecular formula is C26H33FN2O4. The molecule has 1 N–H and O–H groups in total. The first-order chi connectivity index (χ1) is 16.1. The number of benzene rings is 2. The lowest BCUT2D eigenvalue weighted by Crippen LogP contribution is -2.51. The number of hydrogen-bond acceptors (Lipinski definition) is 5. The van der Waals surface area contributed by atoms with Crippen LogP contribution in [0.1, 0.15) is 28.8 Å². The van der Waals surface area contributed by atoms with Crippen molar-refractivity contribution < 1.29 is 23.8 Å². The Morgan fingerprint density at radius 3 is 2.64 bits per heavy atom. The van der Waals surface area contributed by atoms with Crippen LogP contribution in [0.25, 0.3) is 0 Å². The van der Waals surface area contributed by atoms with Crippen LogP contribution < -0.4 is 0 Å². The van der Waals surface area contributed by atoms with Crippen LogP contribution in [-0.2, 0) is 16.1 Å². The lowest BCUT2D eigenvalue weighted by atomic mass is 10.1. The number of nitrogens with zero attached hydrogens (tertiary/aromatic N) is 2. The van der Waals surface area contributed by atoms with E-state index in [2.05, 4.69) is 4.90 Å². The number of amides is 1. The topological polar surface area (TPSA) is 62.2 Å². The number of carbonyl (C=O) groups excluding carboxylic acids is 1. The minimum Gasteiger partial charge on any atom is -0.389 e. The first kappa shape index (κ1) is 23.8. The van der Waals surface area contributed by atoms with Crippen molar-refractivity contribution in [3.05, 3.63) is 71.5 Å². The van der Waals surface area contributed by atoms with Crippen molar-refractivity contribution in [3.8, 4) is 0 Å². The van der Waals surface area contributed by atoms with Crippen LogP contribution in [0.15, 0.2) is 54.6 Å². The lowest BCUT2D eigenvalue weighted by molar-refractivity contribution is -0.0599. The highest BCUT2D eigenvalue weighted by atomic mass is 19.1. The summed E-state index contributed by atoms with van der Waals surface area (Å²) >= 11 is 0. The third-order valence-corrected chi connectivity index (χ3v) is 6.09. The zero-order valence-corrected chi connectivity index (χ0v) is 18.9. The minimum absolute atomic E-state index is 0.0861. The van der Waals surface area contributed by atoms with Gasteiger partial charge in [-0.1, -0.05) is 30.3 Å². The van der Waals surface area contributed by atoms with Gasteiger partial charge < -0.3 is 19.5 Å². The molecule has 0 aromatic heterocycles. The van der Waals surface area contributed by atoms with E-state index in [0.717, 1.165) is 24.9 Å². The van der Waals surface area contributed by atoms with Gasteiger partial charge in [0.2, 0.25) is 0 Å². The molecule has 33 heavy (non-hydrogen) atoms. The van der Waals surface area contributed by atoms with E-state index in [1.165, 1.54) is 24.3 Å². The Bertz CT molecular complexity index is 876. The fraction of sp³-hybridized carbons (Fsp3) is 0.500. The van der Waals surface area contributed by atoms with Gasteiger partial charge in [-0.25, -0.2) is 4.39 Å². The molecule has 0 radical (unpaired) electrons. The molecule has 2 aromatic rings.